The predicted octanol–water partition coefficient (Wildman–Crippen LogP) is 2.75. The number of unbranched alkanes of at least 4 members (excludes halogenated alkanes) is 1. The molecule has 0 bridgehead atoms. The van der Waals surface area contributed by atoms with Crippen molar-refractivity contribution in [2.75, 3.05) is 32.9 Å². The Kier molecular flexibility index (Phi) is 9.01. The Morgan fingerprint density at radius 1 is 1.05 bits per heavy atom. The van der Waals surface area contributed by atoms with Crippen LogP contribution < -0.4 is 10.1 Å². The number of quaternary nitrogens is 1. The molecule has 1 aromatic carbocycles. The number of hydrogen-bond donors (Lipinski definition) is 1. The molecule has 19 heavy (non-hydrogen) atoms. The molecule has 0 aliphatic rings. The van der Waals surface area contributed by atoms with E-state index in [4.69, 9.17) is 32.7 Å². The molecule has 1 aromatic rings. The summed E-state index contributed by atoms with van der Waals surface area (Å²) in [5.41, 5.74) is 0. The van der Waals surface area contributed by atoms with Gasteiger partial charge >= 0.3 is 0 Å². The first-order valence-electron chi connectivity index (χ1n) is 6.71. The van der Waals surface area contributed by atoms with E-state index in [0.29, 0.717) is 29.0 Å². The number of nitrogens with two attached hydrogens (primary N) is 1. The van der Waals surface area contributed by atoms with Crippen LogP contribution in [0, 0.1) is 0 Å². The van der Waals surface area contributed by atoms with Crippen LogP contribution in [0.1, 0.15) is 19.8 Å². The smallest absolute Gasteiger partial charge is 0.121 e. The molecule has 5 heteroatoms. The van der Waals surface area contributed by atoms with Crippen LogP contribution in [-0.4, -0.2) is 32.9 Å². The Morgan fingerprint density at radius 2 is 1.89 bits per heavy atom. The van der Waals surface area contributed by atoms with E-state index < -0.39 is 0 Å². The molecule has 0 aliphatic heterocycles. The first kappa shape index (κ1) is 16.6. The largest absolute Gasteiger partial charge is 0.491 e. The monoisotopic (exact) mass is 306 g/mol. The van der Waals surface area contributed by atoms with Crippen molar-refractivity contribution in [1.82, 2.24) is 0 Å². The number of rotatable bonds is 10. The van der Waals surface area contributed by atoms with Crippen LogP contribution in [0.15, 0.2) is 18.2 Å². The topological polar surface area (TPSA) is 35.1 Å². The van der Waals surface area contributed by atoms with Crippen LogP contribution in [-0.2, 0) is 4.74 Å². The quantitative estimate of drug-likeness (QED) is 0.675. The molecule has 2 N–H and O–H groups in total. The summed E-state index contributed by atoms with van der Waals surface area (Å²) in [6.45, 7) is 6.25. The summed E-state index contributed by atoms with van der Waals surface area (Å²) in [7, 11) is 0. The number of ether oxygens (including phenoxy) is 2. The summed E-state index contributed by atoms with van der Waals surface area (Å²) in [6.07, 6.45) is 2.51. The van der Waals surface area contributed by atoms with Crippen molar-refractivity contribution in [2.24, 2.45) is 0 Å². The molecule has 0 fully saturated rings. The Bertz CT molecular complexity index is 361. The Balaban J connectivity index is 2.00. The average Bonchev–Trinajstić information content (AvgIpc) is 2.41. The molecule has 3 nitrogen and oxygen atoms in total. The standard InChI is InChI=1S/C14H21Cl2NO2/c1-2-3-6-17-7-8-18-9-10-19-12-4-5-13(15)14(16)11-12/h4-5,11,17H,2-3,6-10H2,1H3/p+1. The molecule has 0 saturated heterocycles. The highest BCUT2D eigenvalue weighted by Gasteiger charge is 2.00. The van der Waals surface area contributed by atoms with E-state index in [2.05, 4.69) is 12.2 Å². The van der Waals surface area contributed by atoms with Crippen LogP contribution in [0.25, 0.3) is 0 Å². The lowest BCUT2D eigenvalue weighted by Gasteiger charge is -2.07. The number of halogens is 2. The lowest BCUT2D eigenvalue weighted by atomic mass is 10.3. The van der Waals surface area contributed by atoms with Crippen molar-refractivity contribution < 1.29 is 14.8 Å². The van der Waals surface area contributed by atoms with Crippen LogP contribution in [0.2, 0.25) is 10.0 Å². The molecule has 0 heterocycles. The normalized spacial score (nSPS) is 10.7. The van der Waals surface area contributed by atoms with Gasteiger partial charge in [0.1, 0.15) is 12.4 Å². The van der Waals surface area contributed by atoms with Gasteiger partial charge in [-0.15, -0.1) is 0 Å². The van der Waals surface area contributed by atoms with Gasteiger partial charge in [-0.3, -0.25) is 0 Å². The van der Waals surface area contributed by atoms with Crippen LogP contribution >= 0.6 is 23.2 Å². The third-order valence-corrected chi connectivity index (χ3v) is 3.35. The fourth-order valence-corrected chi connectivity index (χ4v) is 1.83. The van der Waals surface area contributed by atoms with Gasteiger partial charge in [-0.05, 0) is 18.6 Å². The molecule has 0 atom stereocenters. The van der Waals surface area contributed by atoms with E-state index in [1.165, 1.54) is 19.4 Å². The van der Waals surface area contributed by atoms with Gasteiger partial charge in [0.15, 0.2) is 0 Å². The first-order valence-corrected chi connectivity index (χ1v) is 7.47. The molecule has 0 amide bonds. The molecular weight excluding hydrogens is 285 g/mol. The van der Waals surface area contributed by atoms with Gasteiger partial charge in [-0.25, -0.2) is 0 Å². The van der Waals surface area contributed by atoms with E-state index in [9.17, 15) is 0 Å². The van der Waals surface area contributed by atoms with Crippen molar-refractivity contribution in [3.8, 4) is 5.75 Å². The zero-order chi connectivity index (χ0) is 13.9. The SMILES string of the molecule is CCCC[NH2+]CCOCCOc1ccc(Cl)c(Cl)c1. The van der Waals surface area contributed by atoms with Crippen LogP contribution in [0.4, 0.5) is 0 Å². The van der Waals surface area contributed by atoms with Crippen LogP contribution in [0.3, 0.4) is 0 Å². The van der Waals surface area contributed by atoms with Gasteiger partial charge in [0.2, 0.25) is 0 Å². The van der Waals surface area contributed by atoms with E-state index in [-0.39, 0.29) is 0 Å². The lowest BCUT2D eigenvalue weighted by molar-refractivity contribution is -0.656. The highest BCUT2D eigenvalue weighted by Crippen LogP contribution is 2.26. The minimum absolute atomic E-state index is 0.505. The molecular formula is C14H22Cl2NO2+. The minimum Gasteiger partial charge on any atom is -0.491 e. The summed E-state index contributed by atoms with van der Waals surface area (Å²) in [6, 6.07) is 5.23. The minimum atomic E-state index is 0.505. The maximum absolute atomic E-state index is 5.89. The zero-order valence-corrected chi connectivity index (χ0v) is 12.8. The van der Waals surface area contributed by atoms with Crippen molar-refractivity contribution >= 4 is 23.2 Å². The molecule has 0 spiro atoms. The maximum Gasteiger partial charge on any atom is 0.121 e. The van der Waals surface area contributed by atoms with Crippen LogP contribution in [0.5, 0.6) is 5.75 Å². The molecule has 0 aromatic heterocycles. The van der Waals surface area contributed by atoms with Crippen molar-refractivity contribution in [1.29, 1.82) is 0 Å². The first-order chi connectivity index (χ1) is 9.24. The van der Waals surface area contributed by atoms with E-state index in [1.54, 1.807) is 18.2 Å². The number of benzene rings is 1. The summed E-state index contributed by atoms with van der Waals surface area (Å²) in [5.74, 6) is 0.715. The molecule has 0 unspecified atom stereocenters. The van der Waals surface area contributed by atoms with Crippen molar-refractivity contribution in [3.63, 3.8) is 0 Å². The Hall–Kier alpha value is -0.480. The van der Waals surface area contributed by atoms with Gasteiger partial charge in [0.05, 0.1) is 36.3 Å². The van der Waals surface area contributed by atoms with E-state index in [0.717, 1.165) is 13.2 Å². The zero-order valence-electron chi connectivity index (χ0n) is 11.3. The molecule has 0 radical (unpaired) electrons. The van der Waals surface area contributed by atoms with Gasteiger partial charge < -0.3 is 14.8 Å². The van der Waals surface area contributed by atoms with Crippen molar-refractivity contribution in [3.05, 3.63) is 28.2 Å². The molecule has 1 rings (SSSR count). The Labute approximate surface area is 125 Å². The highest BCUT2D eigenvalue weighted by molar-refractivity contribution is 6.42. The van der Waals surface area contributed by atoms with E-state index in [1.807, 2.05) is 0 Å². The maximum atomic E-state index is 5.89. The second-order valence-corrected chi connectivity index (χ2v) is 5.07. The fraction of sp³-hybridized carbons (Fsp3) is 0.571. The third kappa shape index (κ3) is 7.63. The second kappa shape index (κ2) is 10.3. The summed E-state index contributed by atoms with van der Waals surface area (Å²) in [5, 5.41) is 3.32. The Morgan fingerprint density at radius 3 is 2.63 bits per heavy atom. The molecule has 0 aliphatic carbocycles. The van der Waals surface area contributed by atoms with E-state index >= 15 is 0 Å². The fourth-order valence-electron chi connectivity index (χ4n) is 1.55. The third-order valence-electron chi connectivity index (χ3n) is 2.62. The summed E-state index contributed by atoms with van der Waals surface area (Å²) < 4.78 is 11.0. The van der Waals surface area contributed by atoms with Gasteiger partial charge in [-0.2, -0.15) is 0 Å². The predicted molar refractivity (Wildman–Crippen MR) is 79.3 cm³/mol. The van der Waals surface area contributed by atoms with Gasteiger partial charge in [0, 0.05) is 6.07 Å². The van der Waals surface area contributed by atoms with Crippen molar-refractivity contribution in [2.45, 2.75) is 19.8 Å². The van der Waals surface area contributed by atoms with Gasteiger partial charge in [-0.1, -0.05) is 36.5 Å². The molecule has 0 saturated carbocycles. The summed E-state index contributed by atoms with van der Waals surface area (Å²) in [4.78, 5) is 0. The number of hydrogen-bond acceptors (Lipinski definition) is 2. The molecule has 108 valence electrons. The average molecular weight is 307 g/mol. The lowest BCUT2D eigenvalue weighted by Crippen LogP contribution is -2.85. The van der Waals surface area contributed by atoms with Gasteiger partial charge in [0.25, 0.3) is 0 Å². The summed E-state index contributed by atoms with van der Waals surface area (Å²) >= 11 is 11.7. The second-order valence-electron chi connectivity index (χ2n) is 4.26. The highest BCUT2D eigenvalue weighted by atomic mass is 35.5.